The smallest absolute Gasteiger partial charge is 0.143 e. The minimum absolute atomic E-state index is 0.373. The topological polar surface area (TPSA) is 29.5 Å². The van der Waals surface area contributed by atoms with Crippen molar-refractivity contribution in [3.05, 3.63) is 0 Å². The molecule has 54 valence electrons. The van der Waals surface area contributed by atoms with Crippen LogP contribution in [0.4, 0.5) is 0 Å². The summed E-state index contributed by atoms with van der Waals surface area (Å²) in [5.41, 5.74) is 0. The van der Waals surface area contributed by atoms with E-state index in [1.54, 1.807) is 7.11 Å². The fourth-order valence-electron chi connectivity index (χ4n) is 0.505. The van der Waals surface area contributed by atoms with Gasteiger partial charge in [-0.25, -0.2) is 0 Å². The zero-order chi connectivity index (χ0) is 7.12. The number of hydrogen-bond donors (Lipinski definition) is 2. The summed E-state index contributed by atoms with van der Waals surface area (Å²) >= 11 is 7.39. The van der Waals surface area contributed by atoms with Gasteiger partial charge in [0.25, 0.3) is 0 Å². The third-order valence-electron chi connectivity index (χ3n) is 1.17. The van der Waals surface area contributed by atoms with Gasteiger partial charge in [-0.1, -0.05) is 0 Å². The van der Waals surface area contributed by atoms with Crippen molar-refractivity contribution >= 4 is 47.3 Å². The van der Waals surface area contributed by atoms with E-state index in [2.05, 4.69) is 12.6 Å². The second kappa shape index (κ2) is 2.44. The monoisotopic (exact) mass is 278 g/mol. The van der Waals surface area contributed by atoms with Gasteiger partial charge >= 0.3 is 0 Å². The van der Waals surface area contributed by atoms with Crippen LogP contribution in [0.2, 0.25) is 0 Å². The number of alkyl halides is 1. The Hall–Kier alpha value is 1.35. The molecule has 0 aliphatic heterocycles. The van der Waals surface area contributed by atoms with Crippen molar-refractivity contribution in [2.75, 3.05) is 7.11 Å². The van der Waals surface area contributed by atoms with Gasteiger partial charge in [0, 0.05) is 18.5 Å². The first kappa shape index (κ1) is 8.45. The maximum absolute atomic E-state index is 9.29. The van der Waals surface area contributed by atoms with E-state index in [1.807, 2.05) is 22.6 Å². The Morgan fingerprint density at radius 2 is 2.33 bits per heavy atom. The molecule has 0 spiro atoms. The number of thiol groups is 1. The fourth-order valence-corrected chi connectivity index (χ4v) is 3.03. The summed E-state index contributed by atoms with van der Waals surface area (Å²) in [6.45, 7) is 0. The average Bonchev–Trinajstić information content (AvgIpc) is 2.07. The van der Waals surface area contributed by atoms with Gasteiger partial charge in [-0.2, -0.15) is 12.6 Å². The maximum atomic E-state index is 9.29. The van der Waals surface area contributed by atoms with E-state index < -0.39 is 3.61 Å². The summed E-state index contributed by atoms with van der Waals surface area (Å²) in [4.78, 5) is 0. The van der Waals surface area contributed by atoms with Crippen molar-refractivity contribution < 1.29 is 9.29 Å². The van der Waals surface area contributed by atoms with Crippen LogP contribution < -0.4 is 0 Å². The lowest BCUT2D eigenvalue weighted by Crippen LogP contribution is -2.08. The van der Waals surface area contributed by atoms with E-state index in [9.17, 15) is 5.11 Å². The van der Waals surface area contributed by atoms with Crippen molar-refractivity contribution in [3.8, 4) is 0 Å². The predicted octanol–water partition coefficient (Wildman–Crippen LogP) is 1.43. The number of rotatable bonds is 2. The molecule has 5 heteroatoms. The minimum Gasteiger partial charge on any atom is -0.377 e. The number of hydrogen-bond acceptors (Lipinski definition) is 4. The van der Waals surface area contributed by atoms with Crippen LogP contribution >= 0.6 is 47.3 Å². The Bertz CT molecular complexity index is 130. The van der Waals surface area contributed by atoms with Gasteiger partial charge < -0.3 is 9.29 Å². The fraction of sp³-hybridized carbons (Fsp3) is 1.00. The molecule has 0 saturated heterocycles. The highest BCUT2D eigenvalue weighted by Gasteiger charge is 2.65. The molecule has 1 fully saturated rings. The molecule has 2 atom stereocenters. The molecule has 1 saturated carbocycles. The van der Waals surface area contributed by atoms with Gasteiger partial charge in [0.05, 0.1) is 7.11 Å². The summed E-state index contributed by atoms with van der Waals surface area (Å²) in [5.74, 6) is 0. The second-order valence-corrected chi connectivity index (χ2v) is 6.02. The first-order valence-electron chi connectivity index (χ1n) is 2.37. The Labute approximate surface area is 77.5 Å². The van der Waals surface area contributed by atoms with E-state index in [4.69, 9.17) is 4.18 Å². The van der Waals surface area contributed by atoms with Crippen LogP contribution in [-0.2, 0) is 4.18 Å². The first-order chi connectivity index (χ1) is 4.02. The summed E-state index contributed by atoms with van der Waals surface area (Å²) in [6, 6.07) is 0. The maximum Gasteiger partial charge on any atom is 0.143 e. The highest BCUT2D eigenvalue weighted by Crippen LogP contribution is 2.64. The first-order valence-corrected chi connectivity index (χ1v) is 4.64. The molecule has 2 unspecified atom stereocenters. The van der Waals surface area contributed by atoms with Crippen LogP contribution in [0.1, 0.15) is 6.42 Å². The van der Waals surface area contributed by atoms with Crippen LogP contribution in [0.3, 0.4) is 0 Å². The van der Waals surface area contributed by atoms with Crippen LogP contribution in [0.5, 0.6) is 0 Å². The van der Waals surface area contributed by atoms with Crippen molar-refractivity contribution in [2.24, 2.45) is 0 Å². The Kier molecular flexibility index (Phi) is 2.29. The van der Waals surface area contributed by atoms with Crippen molar-refractivity contribution in [1.29, 1.82) is 0 Å². The summed E-state index contributed by atoms with van der Waals surface area (Å²) < 4.78 is 3.74. The quantitative estimate of drug-likeness (QED) is 0.263. The average molecular weight is 278 g/mol. The van der Waals surface area contributed by atoms with Gasteiger partial charge in [0.1, 0.15) is 7.69 Å². The Morgan fingerprint density at radius 3 is 2.44 bits per heavy atom. The van der Waals surface area contributed by atoms with Crippen molar-refractivity contribution in [3.63, 3.8) is 0 Å². The number of halogens is 1. The van der Waals surface area contributed by atoms with E-state index >= 15 is 0 Å². The summed E-state index contributed by atoms with van der Waals surface area (Å²) in [6.07, 6.45) is 0.683. The zero-order valence-electron chi connectivity index (χ0n) is 4.80. The molecule has 1 N–H and O–H groups in total. The van der Waals surface area contributed by atoms with Gasteiger partial charge in [0.15, 0.2) is 0 Å². The van der Waals surface area contributed by atoms with Crippen molar-refractivity contribution in [1.82, 2.24) is 0 Å². The Morgan fingerprint density at radius 1 is 1.89 bits per heavy atom. The van der Waals surface area contributed by atoms with E-state index in [0.717, 1.165) is 0 Å². The van der Waals surface area contributed by atoms with Gasteiger partial charge in [0.2, 0.25) is 0 Å². The molecule has 0 bridgehead atoms. The summed E-state index contributed by atoms with van der Waals surface area (Å²) in [5, 5.41) is 9.29. The van der Waals surface area contributed by atoms with Crippen LogP contribution in [0, 0.1) is 0 Å². The lowest BCUT2D eigenvalue weighted by molar-refractivity contribution is 0.260. The van der Waals surface area contributed by atoms with Gasteiger partial charge in [-0.05, 0) is 22.6 Å². The third-order valence-corrected chi connectivity index (χ3v) is 4.94. The standard InChI is InChI=1S/C4H7IO2S2/c1-7-9-4(8)2-3(4,5)6/h6,8H,2H2,1H3. The van der Waals surface area contributed by atoms with Crippen LogP contribution in [0.15, 0.2) is 0 Å². The van der Waals surface area contributed by atoms with Crippen LogP contribution in [0.25, 0.3) is 0 Å². The van der Waals surface area contributed by atoms with E-state index in [0.29, 0.717) is 6.42 Å². The van der Waals surface area contributed by atoms with Crippen molar-refractivity contribution in [2.45, 2.75) is 14.1 Å². The van der Waals surface area contributed by atoms with Gasteiger partial charge in [-0.3, -0.25) is 0 Å². The molecule has 0 aromatic carbocycles. The molecule has 0 heterocycles. The molecular weight excluding hydrogens is 271 g/mol. The SMILES string of the molecule is COSC1(S)CC1(O)I. The molecule has 9 heavy (non-hydrogen) atoms. The van der Waals surface area contributed by atoms with Gasteiger partial charge in [-0.15, -0.1) is 0 Å². The molecule has 1 aliphatic rings. The minimum atomic E-state index is -0.672. The molecule has 2 nitrogen and oxygen atoms in total. The molecule has 0 amide bonds. The zero-order valence-corrected chi connectivity index (χ0v) is 8.66. The summed E-state index contributed by atoms with van der Waals surface area (Å²) in [7, 11) is 1.58. The molecule has 0 aromatic heterocycles. The number of aliphatic hydroxyl groups is 1. The lowest BCUT2D eigenvalue weighted by Gasteiger charge is -2.07. The lowest BCUT2D eigenvalue weighted by atomic mass is 10.9. The molecule has 1 aliphatic carbocycles. The molecular formula is C4H7IO2S2. The molecule has 0 aromatic rings. The van der Waals surface area contributed by atoms with Crippen LogP contribution in [-0.4, -0.2) is 19.9 Å². The Balaban J connectivity index is 2.42. The highest BCUT2D eigenvalue weighted by atomic mass is 127. The largest absolute Gasteiger partial charge is 0.377 e. The predicted molar refractivity (Wildman–Crippen MR) is 49.9 cm³/mol. The normalized spacial score (nSPS) is 49.3. The third kappa shape index (κ3) is 1.50. The second-order valence-electron chi connectivity index (χ2n) is 1.97. The van der Waals surface area contributed by atoms with E-state index in [1.165, 1.54) is 12.0 Å². The molecule has 0 radical (unpaired) electrons. The highest BCUT2D eigenvalue weighted by molar-refractivity contribution is 14.1. The van der Waals surface area contributed by atoms with E-state index in [-0.39, 0.29) is 4.08 Å². The molecule has 1 rings (SSSR count).